The van der Waals surface area contributed by atoms with Crippen molar-refractivity contribution in [2.24, 2.45) is 0 Å². The first-order chi connectivity index (χ1) is 14.2. The van der Waals surface area contributed by atoms with Gasteiger partial charge in [0, 0.05) is 56.9 Å². The van der Waals surface area contributed by atoms with Gasteiger partial charge in [0.2, 0.25) is 0 Å². The number of hydrogen-bond acceptors (Lipinski definition) is 6. The maximum absolute atomic E-state index is 12.4. The highest BCUT2D eigenvalue weighted by Gasteiger charge is 2.17. The van der Waals surface area contributed by atoms with Crippen molar-refractivity contribution in [1.82, 2.24) is 15.2 Å². The van der Waals surface area contributed by atoms with Crippen molar-refractivity contribution in [2.75, 3.05) is 56.6 Å². The monoisotopic (exact) mass is 395 g/mol. The molecule has 0 saturated carbocycles. The quantitative estimate of drug-likeness (QED) is 0.783. The number of pyridine rings is 1. The van der Waals surface area contributed by atoms with E-state index >= 15 is 0 Å². The van der Waals surface area contributed by atoms with Crippen molar-refractivity contribution in [1.29, 1.82) is 0 Å². The van der Waals surface area contributed by atoms with Crippen LogP contribution in [-0.4, -0.2) is 68.3 Å². The maximum atomic E-state index is 12.4. The smallest absolute Gasteiger partial charge is 0.253 e. The number of hydrogen-bond donors (Lipinski definition) is 2. The van der Waals surface area contributed by atoms with Gasteiger partial charge in [0.1, 0.15) is 0 Å². The Morgan fingerprint density at radius 2 is 1.93 bits per heavy atom. The first kappa shape index (κ1) is 19.7. The number of carbonyl (C=O) groups is 1. The van der Waals surface area contributed by atoms with E-state index in [1.54, 1.807) is 12.4 Å². The number of likely N-dealkylation sites (N-methyl/N-ethyl adjacent to an activating group) is 1. The summed E-state index contributed by atoms with van der Waals surface area (Å²) >= 11 is 0. The molecule has 1 amide bonds. The van der Waals surface area contributed by atoms with Crippen LogP contribution in [0.15, 0.2) is 42.7 Å². The van der Waals surface area contributed by atoms with Crippen molar-refractivity contribution in [2.45, 2.75) is 18.9 Å². The molecule has 2 aliphatic rings. The second-order valence-corrected chi connectivity index (χ2v) is 7.77. The lowest BCUT2D eigenvalue weighted by molar-refractivity contribution is 0.0857. The van der Waals surface area contributed by atoms with E-state index < -0.39 is 0 Å². The minimum atomic E-state index is -0.123. The predicted octanol–water partition coefficient (Wildman–Crippen LogP) is 2.49. The summed E-state index contributed by atoms with van der Waals surface area (Å²) in [5.74, 6) is -0.123. The maximum Gasteiger partial charge on any atom is 0.253 e. The predicted molar refractivity (Wildman–Crippen MR) is 115 cm³/mol. The molecule has 2 aliphatic heterocycles. The molecular weight excluding hydrogens is 366 g/mol. The third-order valence-corrected chi connectivity index (χ3v) is 5.54. The highest BCUT2D eigenvalue weighted by atomic mass is 16.5. The molecule has 7 heteroatoms. The molecule has 2 saturated heterocycles. The highest BCUT2D eigenvalue weighted by molar-refractivity contribution is 5.94. The second kappa shape index (κ2) is 9.24. The lowest BCUT2D eigenvalue weighted by atomic mass is 10.2. The van der Waals surface area contributed by atoms with E-state index in [1.807, 2.05) is 6.07 Å². The van der Waals surface area contributed by atoms with Crippen molar-refractivity contribution in [3.63, 3.8) is 0 Å². The molecule has 2 aromatic rings. The van der Waals surface area contributed by atoms with Gasteiger partial charge >= 0.3 is 0 Å². The first-order valence-electron chi connectivity index (χ1n) is 10.3. The number of ether oxygens (including phenoxy) is 1. The number of aromatic nitrogens is 1. The number of piperazine rings is 1. The standard InChI is InChI=1S/C22H29N5O2/c1-26-8-10-27(11-9-26)20-6-4-18(5-7-20)25-19-13-17(14-23-15-19)22(28)24-16-21-3-2-12-29-21/h4-7,13-15,21,25H,2-3,8-12,16H2,1H3,(H,24,28). The molecule has 4 rings (SSSR count). The number of nitrogens with one attached hydrogen (secondary N) is 2. The topological polar surface area (TPSA) is 69.7 Å². The summed E-state index contributed by atoms with van der Waals surface area (Å²) in [6.45, 7) is 5.62. The number of anilines is 3. The molecule has 7 nitrogen and oxygen atoms in total. The zero-order valence-electron chi connectivity index (χ0n) is 16.9. The summed E-state index contributed by atoms with van der Waals surface area (Å²) in [5.41, 5.74) is 3.55. The van der Waals surface area contributed by atoms with Crippen LogP contribution in [0, 0.1) is 0 Å². The molecule has 1 aromatic carbocycles. The Morgan fingerprint density at radius 3 is 2.66 bits per heavy atom. The Balaban J connectivity index is 1.34. The number of rotatable bonds is 6. The number of amides is 1. The zero-order valence-corrected chi connectivity index (χ0v) is 16.9. The van der Waals surface area contributed by atoms with Gasteiger partial charge in [-0.25, -0.2) is 0 Å². The van der Waals surface area contributed by atoms with Gasteiger partial charge in [-0.15, -0.1) is 0 Å². The Hall–Kier alpha value is -2.64. The van der Waals surface area contributed by atoms with E-state index in [4.69, 9.17) is 4.74 Å². The average Bonchev–Trinajstić information content (AvgIpc) is 3.27. The molecule has 0 aliphatic carbocycles. The van der Waals surface area contributed by atoms with Crippen LogP contribution in [0.1, 0.15) is 23.2 Å². The molecule has 1 atom stereocenters. The lowest BCUT2D eigenvalue weighted by Gasteiger charge is -2.34. The van der Waals surface area contributed by atoms with E-state index in [9.17, 15) is 4.79 Å². The molecule has 154 valence electrons. The van der Waals surface area contributed by atoms with Crippen molar-refractivity contribution in [3.05, 3.63) is 48.3 Å². The summed E-state index contributed by atoms with van der Waals surface area (Å²) in [5, 5.41) is 6.28. The number of carbonyl (C=O) groups excluding carboxylic acids is 1. The highest BCUT2D eigenvalue weighted by Crippen LogP contribution is 2.22. The van der Waals surface area contributed by atoms with Crippen molar-refractivity contribution >= 4 is 23.0 Å². The largest absolute Gasteiger partial charge is 0.376 e. The molecule has 1 unspecified atom stereocenters. The van der Waals surface area contributed by atoms with Crippen molar-refractivity contribution in [3.8, 4) is 0 Å². The fraction of sp³-hybridized carbons (Fsp3) is 0.455. The lowest BCUT2D eigenvalue weighted by Crippen LogP contribution is -2.44. The van der Waals surface area contributed by atoms with Crippen LogP contribution in [0.3, 0.4) is 0 Å². The van der Waals surface area contributed by atoms with Crippen LogP contribution in [0.25, 0.3) is 0 Å². The van der Waals surface area contributed by atoms with Gasteiger partial charge in [-0.3, -0.25) is 9.78 Å². The number of nitrogens with zero attached hydrogens (tertiary/aromatic N) is 3. The van der Waals surface area contributed by atoms with E-state index in [2.05, 4.69) is 56.7 Å². The molecule has 1 aromatic heterocycles. The van der Waals surface area contributed by atoms with Gasteiger partial charge in [0.15, 0.2) is 0 Å². The molecule has 2 N–H and O–H groups in total. The third-order valence-electron chi connectivity index (χ3n) is 5.54. The summed E-state index contributed by atoms with van der Waals surface area (Å²) < 4.78 is 5.55. The first-order valence-corrected chi connectivity index (χ1v) is 10.3. The SMILES string of the molecule is CN1CCN(c2ccc(Nc3cncc(C(=O)NCC4CCCO4)c3)cc2)CC1. The Labute approximate surface area is 172 Å². The van der Waals surface area contributed by atoms with E-state index in [0.29, 0.717) is 12.1 Å². The minimum absolute atomic E-state index is 0.123. The zero-order chi connectivity index (χ0) is 20.1. The normalized spacial score (nSPS) is 19.9. The average molecular weight is 396 g/mol. The van der Waals surface area contributed by atoms with Gasteiger partial charge in [-0.2, -0.15) is 0 Å². The van der Waals surface area contributed by atoms with E-state index in [1.165, 1.54) is 5.69 Å². The van der Waals surface area contributed by atoms with E-state index in [-0.39, 0.29) is 12.0 Å². The Morgan fingerprint density at radius 1 is 1.14 bits per heavy atom. The summed E-state index contributed by atoms with van der Waals surface area (Å²) in [6, 6.07) is 10.2. The molecule has 3 heterocycles. The van der Waals surface area contributed by atoms with E-state index in [0.717, 1.165) is 57.0 Å². The molecular formula is C22H29N5O2. The summed E-state index contributed by atoms with van der Waals surface area (Å²) in [4.78, 5) is 21.4. The van der Waals surface area contributed by atoms with Crippen LogP contribution in [0.5, 0.6) is 0 Å². The van der Waals surface area contributed by atoms with Crippen LogP contribution >= 0.6 is 0 Å². The molecule has 0 bridgehead atoms. The minimum Gasteiger partial charge on any atom is -0.376 e. The molecule has 2 fully saturated rings. The van der Waals surface area contributed by atoms with Gasteiger partial charge in [-0.05, 0) is 50.2 Å². The van der Waals surface area contributed by atoms with Crippen molar-refractivity contribution < 1.29 is 9.53 Å². The Kier molecular flexibility index (Phi) is 6.27. The summed E-state index contributed by atoms with van der Waals surface area (Å²) in [6.07, 6.45) is 5.52. The number of benzene rings is 1. The Bertz CT molecular complexity index is 812. The molecule has 0 radical (unpaired) electrons. The summed E-state index contributed by atoms with van der Waals surface area (Å²) in [7, 11) is 2.16. The van der Waals surface area contributed by atoms with Gasteiger partial charge < -0.3 is 25.2 Å². The molecule has 29 heavy (non-hydrogen) atoms. The van der Waals surface area contributed by atoms with Gasteiger partial charge in [0.25, 0.3) is 5.91 Å². The fourth-order valence-corrected chi connectivity index (χ4v) is 3.73. The van der Waals surface area contributed by atoms with Crippen LogP contribution < -0.4 is 15.5 Å². The van der Waals surface area contributed by atoms with Crippen LogP contribution in [0.2, 0.25) is 0 Å². The third kappa shape index (κ3) is 5.25. The fourth-order valence-electron chi connectivity index (χ4n) is 3.73. The van der Waals surface area contributed by atoms with Gasteiger partial charge in [0.05, 0.1) is 23.6 Å². The van der Waals surface area contributed by atoms with Crippen LogP contribution in [-0.2, 0) is 4.74 Å². The van der Waals surface area contributed by atoms with Crippen LogP contribution in [0.4, 0.5) is 17.1 Å². The molecule has 0 spiro atoms. The second-order valence-electron chi connectivity index (χ2n) is 7.77. The van der Waals surface area contributed by atoms with Gasteiger partial charge in [-0.1, -0.05) is 0 Å².